The molecule has 8 heteroatoms. The predicted molar refractivity (Wildman–Crippen MR) is 117 cm³/mol. The summed E-state index contributed by atoms with van der Waals surface area (Å²) < 4.78 is 14.5. The molecule has 0 aliphatic carbocycles. The van der Waals surface area contributed by atoms with Gasteiger partial charge < -0.3 is 9.47 Å². The Morgan fingerprint density at radius 3 is 2.61 bits per heavy atom. The molecule has 1 aliphatic rings. The molecule has 5 aromatic rings. The maximum atomic E-state index is 13.5. The van der Waals surface area contributed by atoms with Crippen molar-refractivity contribution in [3.63, 3.8) is 0 Å². The molecule has 0 spiro atoms. The van der Waals surface area contributed by atoms with E-state index in [1.165, 1.54) is 0 Å². The van der Waals surface area contributed by atoms with Gasteiger partial charge in [-0.15, -0.1) is 0 Å². The van der Waals surface area contributed by atoms with E-state index in [4.69, 9.17) is 19.4 Å². The van der Waals surface area contributed by atoms with Crippen LogP contribution in [0.5, 0.6) is 11.5 Å². The number of fused-ring (bicyclic) bond motifs is 5. The van der Waals surface area contributed by atoms with Crippen LogP contribution >= 0.6 is 0 Å². The summed E-state index contributed by atoms with van der Waals surface area (Å²) in [7, 11) is 0. The topological polar surface area (TPSA) is 84.1 Å². The lowest BCUT2D eigenvalue weighted by Crippen LogP contribution is -2.23. The molecule has 3 aromatic heterocycles. The second kappa shape index (κ2) is 6.53. The Morgan fingerprint density at radius 2 is 1.81 bits per heavy atom. The van der Waals surface area contributed by atoms with Crippen LogP contribution in [-0.2, 0) is 0 Å². The van der Waals surface area contributed by atoms with Crippen LogP contribution in [-0.4, -0.2) is 30.9 Å². The van der Waals surface area contributed by atoms with Gasteiger partial charge in [0, 0.05) is 12.1 Å². The zero-order chi connectivity index (χ0) is 21.1. The van der Waals surface area contributed by atoms with Gasteiger partial charge in [0.15, 0.2) is 22.8 Å². The van der Waals surface area contributed by atoms with Crippen molar-refractivity contribution in [2.45, 2.75) is 26.3 Å². The lowest BCUT2D eigenvalue weighted by molar-refractivity contribution is 0.174. The summed E-state index contributed by atoms with van der Waals surface area (Å²) in [5.41, 5.74) is 3.80. The first kappa shape index (κ1) is 17.9. The van der Waals surface area contributed by atoms with Crippen molar-refractivity contribution in [2.75, 3.05) is 6.79 Å². The van der Waals surface area contributed by atoms with Gasteiger partial charge in [-0.1, -0.05) is 19.1 Å². The number of aromatic nitrogens is 5. The Hall–Kier alpha value is -3.94. The largest absolute Gasteiger partial charge is 0.454 e. The third-order valence-corrected chi connectivity index (χ3v) is 5.87. The lowest BCUT2D eigenvalue weighted by atomic mass is 10.2. The smallest absolute Gasteiger partial charge is 0.265 e. The molecule has 0 saturated heterocycles. The first-order chi connectivity index (χ1) is 15.2. The first-order valence-electron chi connectivity index (χ1n) is 10.2. The van der Waals surface area contributed by atoms with E-state index in [0.717, 1.165) is 23.1 Å². The molecule has 0 radical (unpaired) electrons. The van der Waals surface area contributed by atoms with Gasteiger partial charge in [0.05, 0.1) is 16.7 Å². The molecule has 1 aliphatic heterocycles. The molecule has 1 atom stereocenters. The predicted octanol–water partition coefficient (Wildman–Crippen LogP) is 3.98. The van der Waals surface area contributed by atoms with E-state index in [9.17, 15) is 4.79 Å². The molecular formula is C23H19N5O3. The van der Waals surface area contributed by atoms with Crippen LogP contribution in [0.4, 0.5) is 0 Å². The fourth-order valence-corrected chi connectivity index (χ4v) is 4.03. The van der Waals surface area contributed by atoms with Crippen molar-refractivity contribution in [1.82, 2.24) is 24.1 Å². The average molecular weight is 413 g/mol. The fourth-order valence-electron chi connectivity index (χ4n) is 4.03. The number of benzene rings is 2. The SMILES string of the molecule is CC[C@H](C)n1cnc2c(c1=O)c1nc3ccccc3nc1n2-c1ccc2c(c1)OCO2. The van der Waals surface area contributed by atoms with E-state index in [-0.39, 0.29) is 18.4 Å². The molecule has 0 unspecified atom stereocenters. The molecule has 8 nitrogen and oxygen atoms in total. The van der Waals surface area contributed by atoms with Crippen molar-refractivity contribution < 1.29 is 9.47 Å². The average Bonchev–Trinajstić information content (AvgIpc) is 3.39. The van der Waals surface area contributed by atoms with Gasteiger partial charge in [0.1, 0.15) is 17.2 Å². The van der Waals surface area contributed by atoms with Gasteiger partial charge in [-0.25, -0.2) is 15.0 Å². The van der Waals surface area contributed by atoms with E-state index in [0.29, 0.717) is 33.7 Å². The van der Waals surface area contributed by atoms with E-state index >= 15 is 0 Å². The Labute approximate surface area is 176 Å². The normalized spacial score (nSPS) is 14.0. The van der Waals surface area contributed by atoms with Crippen LogP contribution in [0.25, 0.3) is 38.9 Å². The lowest BCUT2D eigenvalue weighted by Gasteiger charge is -2.12. The molecular weight excluding hydrogens is 394 g/mol. The number of ether oxygens (including phenoxy) is 2. The molecule has 0 fully saturated rings. The van der Waals surface area contributed by atoms with Crippen LogP contribution < -0.4 is 15.0 Å². The zero-order valence-corrected chi connectivity index (χ0v) is 17.1. The monoisotopic (exact) mass is 413 g/mol. The summed E-state index contributed by atoms with van der Waals surface area (Å²) >= 11 is 0. The minimum Gasteiger partial charge on any atom is -0.454 e. The summed E-state index contributed by atoms with van der Waals surface area (Å²) in [5, 5.41) is 0.466. The van der Waals surface area contributed by atoms with Gasteiger partial charge in [-0.2, -0.15) is 0 Å². The molecule has 31 heavy (non-hydrogen) atoms. The summed E-state index contributed by atoms with van der Waals surface area (Å²) in [4.78, 5) is 27.9. The number of rotatable bonds is 3. The highest BCUT2D eigenvalue weighted by Crippen LogP contribution is 2.36. The molecule has 0 N–H and O–H groups in total. The van der Waals surface area contributed by atoms with Crippen LogP contribution in [0.2, 0.25) is 0 Å². The highest BCUT2D eigenvalue weighted by atomic mass is 16.7. The van der Waals surface area contributed by atoms with E-state index < -0.39 is 0 Å². The highest BCUT2D eigenvalue weighted by Gasteiger charge is 2.23. The van der Waals surface area contributed by atoms with Crippen LogP contribution in [0.15, 0.2) is 53.6 Å². The summed E-state index contributed by atoms with van der Waals surface area (Å²) in [6.07, 6.45) is 2.43. The Bertz CT molecular complexity index is 1550. The Balaban J connectivity index is 1.77. The number of hydrogen-bond donors (Lipinski definition) is 0. The molecule has 0 amide bonds. The third kappa shape index (κ3) is 2.54. The van der Waals surface area contributed by atoms with Crippen molar-refractivity contribution in [1.29, 1.82) is 0 Å². The summed E-state index contributed by atoms with van der Waals surface area (Å²) in [5.74, 6) is 1.34. The Kier molecular flexibility index (Phi) is 3.77. The van der Waals surface area contributed by atoms with Gasteiger partial charge in [0.2, 0.25) is 6.79 Å². The van der Waals surface area contributed by atoms with Gasteiger partial charge in [-0.3, -0.25) is 13.9 Å². The van der Waals surface area contributed by atoms with Crippen molar-refractivity contribution in [2.24, 2.45) is 0 Å². The quantitative estimate of drug-likeness (QED) is 0.445. The van der Waals surface area contributed by atoms with E-state index in [2.05, 4.69) is 4.98 Å². The third-order valence-electron chi connectivity index (χ3n) is 5.87. The van der Waals surface area contributed by atoms with Gasteiger partial charge in [0.25, 0.3) is 5.56 Å². The Morgan fingerprint density at radius 1 is 1.03 bits per heavy atom. The van der Waals surface area contributed by atoms with Crippen molar-refractivity contribution >= 4 is 33.2 Å². The standard InChI is InChI=1S/C23H19N5O3/c1-3-13(2)27-11-24-21-19(23(27)29)20-22(26-16-7-5-4-6-15(16)25-20)28(21)14-8-9-17-18(10-14)31-12-30-17/h4-11,13H,3,12H2,1-2H3/t13-/m0/s1. The molecule has 4 heterocycles. The molecule has 6 rings (SSSR count). The number of nitrogens with zero attached hydrogens (tertiary/aromatic N) is 5. The minimum absolute atomic E-state index is 0.0294. The van der Waals surface area contributed by atoms with Crippen LogP contribution in [0.3, 0.4) is 0 Å². The fraction of sp³-hybridized carbons (Fsp3) is 0.217. The first-order valence-corrected chi connectivity index (χ1v) is 10.2. The van der Waals surface area contributed by atoms with Crippen LogP contribution in [0, 0.1) is 0 Å². The summed E-state index contributed by atoms with van der Waals surface area (Å²) in [6.45, 7) is 4.24. The van der Waals surface area contributed by atoms with Crippen LogP contribution in [0.1, 0.15) is 26.3 Å². The van der Waals surface area contributed by atoms with Crippen molar-refractivity contribution in [3.8, 4) is 17.2 Å². The van der Waals surface area contributed by atoms with Gasteiger partial charge in [-0.05, 0) is 37.6 Å². The number of hydrogen-bond acceptors (Lipinski definition) is 6. The highest BCUT2D eigenvalue weighted by molar-refractivity contribution is 6.05. The molecule has 0 saturated carbocycles. The second-order valence-electron chi connectivity index (χ2n) is 7.67. The van der Waals surface area contributed by atoms with E-state index in [1.54, 1.807) is 10.9 Å². The maximum absolute atomic E-state index is 13.5. The number of para-hydroxylation sites is 2. The van der Waals surface area contributed by atoms with Crippen molar-refractivity contribution in [3.05, 3.63) is 59.1 Å². The molecule has 2 aromatic carbocycles. The molecule has 154 valence electrons. The van der Waals surface area contributed by atoms with Gasteiger partial charge >= 0.3 is 0 Å². The second-order valence-corrected chi connectivity index (χ2v) is 7.67. The van der Waals surface area contributed by atoms with E-state index in [1.807, 2.05) is 60.9 Å². The molecule has 0 bridgehead atoms. The summed E-state index contributed by atoms with van der Waals surface area (Å²) in [6, 6.07) is 13.3. The maximum Gasteiger partial charge on any atom is 0.265 e. The minimum atomic E-state index is -0.117. The zero-order valence-electron chi connectivity index (χ0n) is 17.1.